The fraction of sp³-hybridized carbons (Fsp3) is 0.235. The molecule has 0 amide bonds. The topological polar surface area (TPSA) is 70.6 Å². The maximum Gasteiger partial charge on any atom is 0.253 e. The van der Waals surface area contributed by atoms with Crippen LogP contribution in [0.25, 0.3) is 0 Å². The van der Waals surface area contributed by atoms with Crippen LogP contribution in [0.5, 0.6) is 0 Å². The lowest BCUT2D eigenvalue weighted by Gasteiger charge is -2.13. The molecule has 0 bridgehead atoms. The van der Waals surface area contributed by atoms with Crippen LogP contribution in [-0.4, -0.2) is 20.6 Å². The molecule has 0 aliphatic carbocycles. The number of para-hydroxylation sites is 1. The lowest BCUT2D eigenvalue weighted by atomic mass is 10.0. The van der Waals surface area contributed by atoms with Gasteiger partial charge in [-0.05, 0) is 35.7 Å². The van der Waals surface area contributed by atoms with Crippen LogP contribution in [0.4, 0.5) is 11.4 Å². The van der Waals surface area contributed by atoms with Gasteiger partial charge in [0.05, 0.1) is 6.26 Å². The molecule has 0 fully saturated rings. The first kappa shape index (κ1) is 17.0. The number of sulfonamides is 1. The van der Waals surface area contributed by atoms with Crippen molar-refractivity contribution in [1.29, 1.82) is 0 Å². The van der Waals surface area contributed by atoms with Gasteiger partial charge >= 0.3 is 0 Å². The van der Waals surface area contributed by atoms with Crippen molar-refractivity contribution in [2.75, 3.05) is 16.9 Å². The zero-order valence-electron chi connectivity index (χ0n) is 13.4. The highest BCUT2D eigenvalue weighted by molar-refractivity contribution is 7.89. The maximum atomic E-state index is 11.5. The second kappa shape index (κ2) is 7.28. The van der Waals surface area contributed by atoms with Crippen molar-refractivity contribution in [2.45, 2.75) is 19.8 Å². The van der Waals surface area contributed by atoms with Gasteiger partial charge in [-0.1, -0.05) is 44.2 Å². The highest BCUT2D eigenvalue weighted by Gasteiger charge is 2.07. The van der Waals surface area contributed by atoms with E-state index >= 15 is 0 Å². The van der Waals surface area contributed by atoms with E-state index in [0.29, 0.717) is 5.92 Å². The van der Waals surface area contributed by atoms with Gasteiger partial charge in [-0.15, -0.1) is 4.40 Å². The van der Waals surface area contributed by atoms with E-state index in [0.717, 1.165) is 17.6 Å². The van der Waals surface area contributed by atoms with Crippen LogP contribution in [-0.2, 0) is 10.0 Å². The number of nitrogens with zero attached hydrogens (tertiary/aromatic N) is 1. The summed E-state index contributed by atoms with van der Waals surface area (Å²) in [7, 11) is -3.52. The van der Waals surface area contributed by atoms with E-state index in [1.807, 2.05) is 54.6 Å². The van der Waals surface area contributed by atoms with Crippen LogP contribution in [0.15, 0.2) is 59.0 Å². The predicted molar refractivity (Wildman–Crippen MR) is 96.5 cm³/mol. The van der Waals surface area contributed by atoms with Gasteiger partial charge in [-0.25, -0.2) is 8.42 Å². The fourth-order valence-electron chi connectivity index (χ4n) is 1.99. The van der Waals surface area contributed by atoms with Gasteiger partial charge in [0.15, 0.2) is 0 Å². The van der Waals surface area contributed by atoms with Crippen molar-refractivity contribution in [3.05, 3.63) is 60.2 Å². The summed E-state index contributed by atoms with van der Waals surface area (Å²) in [6.45, 7) is 4.24. The Morgan fingerprint density at radius 2 is 1.43 bits per heavy atom. The quantitative estimate of drug-likeness (QED) is 0.663. The largest absolute Gasteiger partial charge is 0.325 e. The first-order valence-electron chi connectivity index (χ1n) is 7.32. The fourth-order valence-corrected chi connectivity index (χ4v) is 2.41. The summed E-state index contributed by atoms with van der Waals surface area (Å²) in [5.74, 6) is 0.603. The van der Waals surface area contributed by atoms with Crippen LogP contribution in [0.3, 0.4) is 0 Å². The number of hydrogen-bond donors (Lipinski definition) is 2. The van der Waals surface area contributed by atoms with E-state index < -0.39 is 10.0 Å². The minimum absolute atomic E-state index is 0.163. The van der Waals surface area contributed by atoms with Gasteiger partial charge in [0.1, 0.15) is 0 Å². The molecule has 2 rings (SSSR count). The summed E-state index contributed by atoms with van der Waals surface area (Å²) >= 11 is 0. The first-order valence-corrected chi connectivity index (χ1v) is 9.17. The summed E-state index contributed by atoms with van der Waals surface area (Å²) < 4.78 is 26.7. The third-order valence-electron chi connectivity index (χ3n) is 3.13. The standard InChI is InChI=1S/C17H21N3O2S/c1-13(2)14-9-11-16(12-10-14)19-17(20-23(3,21)22)18-15-7-5-4-6-8-15/h4-13H,1-3H3,(H2,18,19,20). The summed E-state index contributed by atoms with van der Waals surface area (Å²) in [6.07, 6.45) is 1.06. The second-order valence-corrected chi connectivity index (χ2v) is 7.21. The van der Waals surface area contributed by atoms with Crippen LogP contribution in [0, 0.1) is 0 Å². The van der Waals surface area contributed by atoms with Gasteiger partial charge in [0.25, 0.3) is 10.0 Å². The van der Waals surface area contributed by atoms with Crippen LogP contribution < -0.4 is 10.6 Å². The van der Waals surface area contributed by atoms with E-state index in [9.17, 15) is 8.42 Å². The number of hydrogen-bond acceptors (Lipinski definition) is 2. The molecule has 2 N–H and O–H groups in total. The molecule has 0 aliphatic heterocycles. The summed E-state index contributed by atoms with van der Waals surface area (Å²) in [6, 6.07) is 17.1. The van der Waals surface area contributed by atoms with Gasteiger partial charge < -0.3 is 10.6 Å². The van der Waals surface area contributed by atoms with Crippen LogP contribution in [0.1, 0.15) is 25.3 Å². The molecule has 0 saturated heterocycles. The molecule has 2 aromatic carbocycles. The summed E-state index contributed by atoms with van der Waals surface area (Å²) in [5, 5.41) is 5.99. The van der Waals surface area contributed by atoms with Gasteiger partial charge in [-0.2, -0.15) is 0 Å². The monoisotopic (exact) mass is 331 g/mol. The Morgan fingerprint density at radius 1 is 0.913 bits per heavy atom. The zero-order chi connectivity index (χ0) is 16.9. The Balaban J connectivity index is 2.22. The normalized spacial score (nSPS) is 12.3. The molecular weight excluding hydrogens is 310 g/mol. The first-order chi connectivity index (χ1) is 10.8. The molecule has 6 heteroatoms. The molecule has 2 aromatic rings. The zero-order valence-corrected chi connectivity index (χ0v) is 14.3. The van der Waals surface area contributed by atoms with Crippen molar-refractivity contribution in [1.82, 2.24) is 0 Å². The van der Waals surface area contributed by atoms with Crippen molar-refractivity contribution < 1.29 is 8.42 Å². The minimum Gasteiger partial charge on any atom is -0.325 e. The second-order valence-electron chi connectivity index (χ2n) is 5.57. The number of anilines is 2. The van der Waals surface area contributed by atoms with Crippen molar-refractivity contribution in [2.24, 2.45) is 4.40 Å². The highest BCUT2D eigenvalue weighted by Crippen LogP contribution is 2.17. The molecule has 0 radical (unpaired) electrons. The van der Waals surface area contributed by atoms with Crippen LogP contribution in [0.2, 0.25) is 0 Å². The third kappa shape index (κ3) is 5.75. The molecule has 0 heterocycles. The molecule has 0 unspecified atom stereocenters. The Labute approximate surface area is 137 Å². The third-order valence-corrected chi connectivity index (χ3v) is 3.65. The van der Waals surface area contributed by atoms with Gasteiger partial charge in [0, 0.05) is 11.4 Å². The molecular formula is C17H21N3O2S. The summed E-state index contributed by atoms with van der Waals surface area (Å²) in [5.41, 5.74) is 2.73. The smallest absolute Gasteiger partial charge is 0.253 e. The number of guanidine groups is 1. The maximum absolute atomic E-state index is 11.5. The van der Waals surface area contributed by atoms with E-state index in [1.165, 1.54) is 5.56 Å². The van der Waals surface area contributed by atoms with E-state index in [1.54, 1.807) is 0 Å². The molecule has 0 aromatic heterocycles. The number of rotatable bonds is 4. The average Bonchev–Trinajstić information content (AvgIpc) is 2.47. The van der Waals surface area contributed by atoms with Gasteiger partial charge in [0.2, 0.25) is 5.96 Å². The minimum atomic E-state index is -3.52. The van der Waals surface area contributed by atoms with Crippen molar-refractivity contribution in [3.8, 4) is 0 Å². The van der Waals surface area contributed by atoms with Gasteiger partial charge in [-0.3, -0.25) is 0 Å². The van der Waals surface area contributed by atoms with Crippen molar-refractivity contribution >= 4 is 27.4 Å². The van der Waals surface area contributed by atoms with Crippen molar-refractivity contribution in [3.63, 3.8) is 0 Å². The lowest BCUT2D eigenvalue weighted by Crippen LogP contribution is -2.23. The Morgan fingerprint density at radius 3 is 1.91 bits per heavy atom. The highest BCUT2D eigenvalue weighted by atomic mass is 32.2. The molecule has 0 aliphatic rings. The Bertz CT molecular complexity index is 767. The van der Waals surface area contributed by atoms with E-state index in [2.05, 4.69) is 28.9 Å². The lowest BCUT2D eigenvalue weighted by molar-refractivity contribution is 0.604. The molecule has 0 saturated carbocycles. The Kier molecular flexibility index (Phi) is 5.39. The van der Waals surface area contributed by atoms with Crippen LogP contribution >= 0.6 is 0 Å². The average molecular weight is 331 g/mol. The summed E-state index contributed by atoms with van der Waals surface area (Å²) in [4.78, 5) is 0. The molecule has 122 valence electrons. The molecule has 23 heavy (non-hydrogen) atoms. The Hall–Kier alpha value is -2.34. The number of benzene rings is 2. The van der Waals surface area contributed by atoms with E-state index in [-0.39, 0.29) is 5.96 Å². The SMILES string of the molecule is CC(C)c1ccc(N/C(=N\S(C)(=O)=O)Nc2ccccc2)cc1. The molecule has 0 atom stereocenters. The number of nitrogens with one attached hydrogen (secondary N) is 2. The molecule has 5 nitrogen and oxygen atoms in total. The molecule has 0 spiro atoms. The predicted octanol–water partition coefficient (Wildman–Crippen LogP) is 3.65. The van der Waals surface area contributed by atoms with E-state index in [4.69, 9.17) is 0 Å².